The highest BCUT2D eigenvalue weighted by Crippen LogP contribution is 2.38. The van der Waals surface area contributed by atoms with Gasteiger partial charge >= 0.3 is 6.18 Å². The summed E-state index contributed by atoms with van der Waals surface area (Å²) in [5.41, 5.74) is 2.29. The average Bonchev–Trinajstić information content (AvgIpc) is 2.94. The number of allylic oxidation sites excluding steroid dienone is 1. The number of carbonyl (C=O) groups excluding carboxylic acids is 1. The molecule has 1 aliphatic heterocycles. The molecule has 2 atom stereocenters. The minimum Gasteiger partial charge on any atom is -0.275 e. The van der Waals surface area contributed by atoms with E-state index < -0.39 is 18.1 Å². The largest absolute Gasteiger partial charge is 0.395 e. The number of benzene rings is 2. The van der Waals surface area contributed by atoms with E-state index in [0.29, 0.717) is 23.4 Å². The van der Waals surface area contributed by atoms with Crippen LogP contribution in [0.4, 0.5) is 24.5 Å². The Morgan fingerprint density at radius 1 is 1.00 bits per heavy atom. The number of rotatable bonds is 2. The number of alkyl halides is 3. The van der Waals surface area contributed by atoms with Crippen molar-refractivity contribution in [3.63, 3.8) is 0 Å². The summed E-state index contributed by atoms with van der Waals surface area (Å²) in [5, 5.41) is 0. The molecule has 1 aliphatic carbocycles. The normalized spacial score (nSPS) is 23.7. The molecule has 0 N–H and O–H groups in total. The molecule has 3 nitrogen and oxygen atoms in total. The first kappa shape index (κ1) is 17.5. The molecular weight excluding hydrogens is 353 g/mol. The molecule has 0 radical (unpaired) electrons. The summed E-state index contributed by atoms with van der Waals surface area (Å²) in [6, 6.07) is 15.8. The Hall–Kier alpha value is -2.89. The van der Waals surface area contributed by atoms with Crippen LogP contribution in [0.25, 0.3) is 0 Å². The lowest BCUT2D eigenvalue weighted by atomic mass is 9.91. The molecule has 2 unspecified atom stereocenters. The van der Waals surface area contributed by atoms with Gasteiger partial charge < -0.3 is 0 Å². The second kappa shape index (κ2) is 6.68. The zero-order valence-electron chi connectivity index (χ0n) is 14.4. The summed E-state index contributed by atoms with van der Waals surface area (Å²) in [4.78, 5) is 19.1. The summed E-state index contributed by atoms with van der Waals surface area (Å²) < 4.78 is 39.2. The zero-order valence-corrected chi connectivity index (χ0v) is 14.4. The standard InChI is InChI=1S/C21H17F3N2O/c22-21(23,24)14-7-6-8-15(13-14)25-19-17-11-4-5-12-18(17)26(20(19)27)16-9-2-1-3-10-16/h1-7,9-12,14-15H,8,13H2. The van der Waals surface area contributed by atoms with Crippen LogP contribution in [0, 0.1) is 5.92 Å². The van der Waals surface area contributed by atoms with E-state index in [2.05, 4.69) is 4.99 Å². The van der Waals surface area contributed by atoms with Crippen LogP contribution < -0.4 is 4.90 Å². The highest BCUT2D eigenvalue weighted by Gasteiger charge is 2.41. The molecular formula is C21H17F3N2O. The zero-order chi connectivity index (χ0) is 19.0. The number of fused-ring (bicyclic) bond motifs is 1. The van der Waals surface area contributed by atoms with Crippen LogP contribution in [0.5, 0.6) is 0 Å². The van der Waals surface area contributed by atoms with E-state index in [0.717, 1.165) is 0 Å². The fourth-order valence-electron chi connectivity index (χ4n) is 3.56. The Labute approximate surface area is 154 Å². The molecule has 27 heavy (non-hydrogen) atoms. The summed E-state index contributed by atoms with van der Waals surface area (Å²) in [6.45, 7) is 0. The molecule has 0 fully saturated rings. The lowest BCUT2D eigenvalue weighted by Crippen LogP contribution is -2.30. The van der Waals surface area contributed by atoms with Crippen LogP contribution in [0.3, 0.4) is 0 Å². The van der Waals surface area contributed by atoms with Gasteiger partial charge in [-0.2, -0.15) is 13.2 Å². The average molecular weight is 370 g/mol. The minimum absolute atomic E-state index is 0.135. The number of para-hydroxylation sites is 2. The van der Waals surface area contributed by atoms with Crippen molar-refractivity contribution in [2.45, 2.75) is 25.1 Å². The number of carbonyl (C=O) groups is 1. The van der Waals surface area contributed by atoms with Gasteiger partial charge in [-0.1, -0.05) is 48.6 Å². The van der Waals surface area contributed by atoms with Crippen molar-refractivity contribution in [1.29, 1.82) is 0 Å². The molecule has 0 aromatic heterocycles. The van der Waals surface area contributed by atoms with Crippen molar-refractivity contribution in [1.82, 2.24) is 0 Å². The Bertz CT molecular complexity index is 919. The van der Waals surface area contributed by atoms with Crippen molar-refractivity contribution < 1.29 is 18.0 Å². The quantitative estimate of drug-likeness (QED) is 0.681. The predicted octanol–water partition coefficient (Wildman–Crippen LogP) is 5.05. The van der Waals surface area contributed by atoms with Gasteiger partial charge in [0.15, 0.2) is 0 Å². The van der Waals surface area contributed by atoms with Crippen LogP contribution in [0.15, 0.2) is 71.7 Å². The van der Waals surface area contributed by atoms with Gasteiger partial charge in [0.1, 0.15) is 5.71 Å². The van der Waals surface area contributed by atoms with Gasteiger partial charge in [0.25, 0.3) is 5.91 Å². The number of hydrogen-bond donors (Lipinski definition) is 0. The van der Waals surface area contributed by atoms with Gasteiger partial charge in [-0.3, -0.25) is 14.7 Å². The van der Waals surface area contributed by atoms with E-state index in [4.69, 9.17) is 0 Å². The monoisotopic (exact) mass is 370 g/mol. The number of amides is 1. The van der Waals surface area contributed by atoms with E-state index in [1.54, 1.807) is 17.0 Å². The lowest BCUT2D eigenvalue weighted by molar-refractivity contribution is -0.164. The van der Waals surface area contributed by atoms with Gasteiger partial charge in [-0.25, -0.2) is 0 Å². The molecule has 1 amide bonds. The number of anilines is 2. The summed E-state index contributed by atoms with van der Waals surface area (Å²) in [5.74, 6) is -1.82. The van der Waals surface area contributed by atoms with Crippen molar-refractivity contribution >= 4 is 23.0 Å². The Balaban J connectivity index is 1.71. The van der Waals surface area contributed by atoms with Gasteiger partial charge in [-0.05, 0) is 31.0 Å². The lowest BCUT2D eigenvalue weighted by Gasteiger charge is -2.24. The van der Waals surface area contributed by atoms with Gasteiger partial charge in [0.2, 0.25) is 0 Å². The summed E-state index contributed by atoms with van der Waals surface area (Å²) >= 11 is 0. The van der Waals surface area contributed by atoms with Crippen molar-refractivity contribution in [3.05, 3.63) is 72.3 Å². The maximum Gasteiger partial charge on any atom is 0.395 e. The van der Waals surface area contributed by atoms with E-state index in [1.165, 1.54) is 12.2 Å². The van der Waals surface area contributed by atoms with Gasteiger partial charge in [0, 0.05) is 11.3 Å². The van der Waals surface area contributed by atoms with Crippen LogP contribution in [-0.2, 0) is 4.79 Å². The first-order chi connectivity index (χ1) is 12.9. The third-order valence-corrected chi connectivity index (χ3v) is 4.85. The molecule has 1 heterocycles. The Morgan fingerprint density at radius 2 is 1.70 bits per heavy atom. The Kier molecular flexibility index (Phi) is 4.34. The van der Waals surface area contributed by atoms with E-state index in [-0.39, 0.29) is 18.0 Å². The van der Waals surface area contributed by atoms with E-state index >= 15 is 0 Å². The molecule has 138 valence electrons. The van der Waals surface area contributed by atoms with Gasteiger partial charge in [-0.15, -0.1) is 0 Å². The molecule has 2 aromatic carbocycles. The molecule has 2 aromatic rings. The number of aliphatic imine (C=N–C) groups is 1. The van der Waals surface area contributed by atoms with Gasteiger partial charge in [0.05, 0.1) is 17.6 Å². The van der Waals surface area contributed by atoms with E-state index in [1.807, 2.05) is 42.5 Å². The highest BCUT2D eigenvalue weighted by atomic mass is 19.4. The molecule has 6 heteroatoms. The topological polar surface area (TPSA) is 32.7 Å². The Morgan fingerprint density at radius 3 is 2.44 bits per heavy atom. The second-order valence-electron chi connectivity index (χ2n) is 6.67. The summed E-state index contributed by atoms with van der Waals surface area (Å²) in [6.07, 6.45) is -1.32. The number of nitrogens with zero attached hydrogens (tertiary/aromatic N) is 2. The minimum atomic E-state index is -4.29. The third-order valence-electron chi connectivity index (χ3n) is 4.85. The first-order valence-electron chi connectivity index (χ1n) is 8.75. The fourth-order valence-corrected chi connectivity index (χ4v) is 3.56. The molecule has 4 rings (SSSR count). The summed E-state index contributed by atoms with van der Waals surface area (Å²) in [7, 11) is 0. The van der Waals surface area contributed by atoms with Crippen molar-refractivity contribution in [2.75, 3.05) is 4.90 Å². The van der Waals surface area contributed by atoms with Crippen molar-refractivity contribution in [3.8, 4) is 0 Å². The maximum atomic E-state index is 13.1. The van der Waals surface area contributed by atoms with Crippen LogP contribution in [0.1, 0.15) is 18.4 Å². The molecule has 0 saturated carbocycles. The van der Waals surface area contributed by atoms with Crippen LogP contribution >= 0.6 is 0 Å². The highest BCUT2D eigenvalue weighted by molar-refractivity contribution is 6.55. The van der Waals surface area contributed by atoms with Crippen LogP contribution in [-0.4, -0.2) is 23.8 Å². The smallest absolute Gasteiger partial charge is 0.275 e. The maximum absolute atomic E-state index is 13.1. The third kappa shape index (κ3) is 3.27. The molecule has 0 bridgehead atoms. The number of hydrogen-bond acceptors (Lipinski definition) is 2. The number of halogens is 3. The molecule has 2 aliphatic rings. The first-order valence-corrected chi connectivity index (χ1v) is 8.75. The second-order valence-corrected chi connectivity index (χ2v) is 6.67. The van der Waals surface area contributed by atoms with Crippen molar-refractivity contribution in [2.24, 2.45) is 10.9 Å². The predicted molar refractivity (Wildman–Crippen MR) is 98.3 cm³/mol. The van der Waals surface area contributed by atoms with E-state index in [9.17, 15) is 18.0 Å². The SMILES string of the molecule is O=C1C(=NC2CC=CC(C(F)(F)F)C2)c2ccccc2N1c1ccccc1. The van der Waals surface area contributed by atoms with Crippen LogP contribution in [0.2, 0.25) is 0 Å². The molecule has 0 spiro atoms. The fraction of sp³-hybridized carbons (Fsp3) is 0.238. The molecule has 0 saturated heterocycles.